The number of hydrogen-bond donors (Lipinski definition) is 7. The van der Waals surface area contributed by atoms with Crippen molar-refractivity contribution in [2.75, 3.05) is 44.6 Å². The Bertz CT molecular complexity index is 1780. The lowest BCUT2D eigenvalue weighted by Crippen LogP contribution is -2.52. The molecule has 1 unspecified atom stereocenters. The number of rotatable bonds is 23. The van der Waals surface area contributed by atoms with Gasteiger partial charge in [0.1, 0.15) is 0 Å². The number of unbranched alkanes of at least 4 members (excludes halogenated alkanes) is 8. The van der Waals surface area contributed by atoms with E-state index in [9.17, 15) is 19.2 Å². The molecule has 2 aromatic carbocycles. The van der Waals surface area contributed by atoms with Gasteiger partial charge in [-0.1, -0.05) is 64.0 Å². The Balaban J connectivity index is 0.00000397. The Morgan fingerprint density at radius 2 is 1.23 bits per heavy atom. The summed E-state index contributed by atoms with van der Waals surface area (Å²) in [4.78, 5) is 63.0. The molecule has 0 spiro atoms. The average molecular weight is 876 g/mol. The number of hydrogen-bond acceptors (Lipinski definition) is 9. The van der Waals surface area contributed by atoms with Crippen LogP contribution in [0.3, 0.4) is 0 Å². The van der Waals surface area contributed by atoms with Crippen LogP contribution in [0, 0.1) is 23.7 Å². The molecule has 11 N–H and O–H groups in total. The maximum atomic E-state index is 13.5. The largest absolute Gasteiger partial charge is 0.385 e. The molecule has 2 bridgehead atoms. The summed E-state index contributed by atoms with van der Waals surface area (Å²) in [7, 11) is 0. The van der Waals surface area contributed by atoms with Crippen molar-refractivity contribution in [2.45, 2.75) is 102 Å². The average Bonchev–Trinajstić information content (AvgIpc) is 3.91. The van der Waals surface area contributed by atoms with E-state index < -0.39 is 11.8 Å². The summed E-state index contributed by atoms with van der Waals surface area (Å²) in [5.74, 6) is -2.30. The molecule has 2 saturated carbocycles. The Morgan fingerprint density at radius 3 is 1.77 bits per heavy atom. The summed E-state index contributed by atoms with van der Waals surface area (Å²) in [5.41, 5.74) is 23.8. The zero-order valence-corrected chi connectivity index (χ0v) is 36.2. The molecular weight excluding hydrogens is 811 g/mol. The van der Waals surface area contributed by atoms with E-state index in [1.807, 2.05) is 30.3 Å². The van der Waals surface area contributed by atoms with Gasteiger partial charge in [0.05, 0.1) is 37.1 Å². The number of ether oxygens (including phenoxy) is 2. The minimum atomic E-state index is -0.555. The van der Waals surface area contributed by atoms with Crippen LogP contribution in [0.4, 0.5) is 5.69 Å². The molecular formula is C42H64Cl2N10O6. The summed E-state index contributed by atoms with van der Waals surface area (Å²) >= 11 is 0. The van der Waals surface area contributed by atoms with Crippen LogP contribution in [0.25, 0.3) is 10.8 Å². The Kier molecular flexibility index (Phi) is 18.5. The fourth-order valence-electron chi connectivity index (χ4n) is 9.44. The minimum absolute atomic E-state index is 0. The number of nitrogens with two attached hydrogens (primary N) is 4. The van der Waals surface area contributed by atoms with Crippen LogP contribution < -0.4 is 38.9 Å². The number of guanidine groups is 2. The monoisotopic (exact) mass is 874 g/mol. The first-order chi connectivity index (χ1) is 28.1. The second kappa shape index (κ2) is 23.0. The highest BCUT2D eigenvalue weighted by Gasteiger charge is 2.66. The standard InChI is InChI=1S/C42H62N10O6.2ClH/c1-2-18-47-30-17-16-27-32-25(30)13-12-14-26(32)39(55)52(40(27)56)23-11-9-7-5-3-4-6-8-10-15-31-57-35-28-24-29(36(35)58-31)34(38(54)49-20-22-51-42(45)46)33(28)37(53)48-19-21-50-41(43)44;;/h12-14,16-17,28-29,31,33-36,47H,2-11,15,18-24H2,1H3,(H,48,53)(H,49,54)(H4,43,44,50)(H4,45,46,51);2*1H/t28-,29+,31?,33-,34-,35-,36+;;/m1../s1. The van der Waals surface area contributed by atoms with Gasteiger partial charge in [0.25, 0.3) is 11.8 Å². The van der Waals surface area contributed by atoms with Crippen molar-refractivity contribution in [1.29, 1.82) is 0 Å². The number of aliphatic imine (C=N–C) groups is 2. The normalized spacial score (nSPS) is 23.4. The maximum absolute atomic E-state index is 13.5. The molecule has 0 radical (unpaired) electrons. The molecule has 4 amide bonds. The zero-order chi connectivity index (χ0) is 41.2. The third-order valence-corrected chi connectivity index (χ3v) is 12.0. The molecule has 18 heteroatoms. The van der Waals surface area contributed by atoms with Gasteiger partial charge in [0.15, 0.2) is 18.2 Å². The second-order valence-corrected chi connectivity index (χ2v) is 16.0. The van der Waals surface area contributed by atoms with Crippen LogP contribution in [-0.4, -0.2) is 98.2 Å². The number of nitrogens with zero attached hydrogens (tertiary/aromatic N) is 3. The van der Waals surface area contributed by atoms with Crippen LogP contribution in [0.15, 0.2) is 40.3 Å². The molecule has 6 rings (SSSR count). The fraction of sp³-hybridized carbons (Fsp3) is 0.619. The van der Waals surface area contributed by atoms with Gasteiger partial charge >= 0.3 is 0 Å². The van der Waals surface area contributed by atoms with E-state index in [4.69, 9.17) is 32.4 Å². The first-order valence-corrected chi connectivity index (χ1v) is 21.2. The maximum Gasteiger partial charge on any atom is 0.261 e. The van der Waals surface area contributed by atoms with Gasteiger partial charge in [-0.25, -0.2) is 0 Å². The van der Waals surface area contributed by atoms with E-state index in [2.05, 4.69) is 32.9 Å². The summed E-state index contributed by atoms with van der Waals surface area (Å²) in [6.07, 6.45) is 11.0. The summed E-state index contributed by atoms with van der Waals surface area (Å²) in [6.45, 7) is 4.37. The third-order valence-electron chi connectivity index (χ3n) is 12.0. The number of halogens is 2. The van der Waals surface area contributed by atoms with E-state index in [1.165, 1.54) is 4.90 Å². The van der Waals surface area contributed by atoms with Crippen molar-refractivity contribution in [1.82, 2.24) is 15.5 Å². The minimum Gasteiger partial charge on any atom is -0.385 e. The molecule has 4 aliphatic rings. The Hall–Kier alpha value is -4.38. The number of anilines is 1. The fourth-order valence-corrected chi connectivity index (χ4v) is 9.44. The lowest BCUT2D eigenvalue weighted by atomic mass is 9.75. The number of carbonyl (C=O) groups excluding carboxylic acids is 4. The number of benzene rings is 2. The predicted octanol–water partition coefficient (Wildman–Crippen LogP) is 3.77. The highest BCUT2D eigenvalue weighted by atomic mass is 35.5. The molecule has 3 fully saturated rings. The van der Waals surface area contributed by atoms with Gasteiger partial charge in [-0.05, 0) is 50.3 Å². The van der Waals surface area contributed by atoms with Crippen molar-refractivity contribution in [3.8, 4) is 0 Å². The molecule has 2 aromatic rings. The third kappa shape index (κ3) is 11.3. The van der Waals surface area contributed by atoms with Gasteiger partial charge in [-0.2, -0.15) is 0 Å². The van der Waals surface area contributed by atoms with Crippen molar-refractivity contribution >= 4 is 76.8 Å². The smallest absolute Gasteiger partial charge is 0.261 e. The lowest BCUT2D eigenvalue weighted by molar-refractivity contribution is -0.140. The van der Waals surface area contributed by atoms with Gasteiger partial charge in [0, 0.05) is 65.6 Å². The molecule has 16 nitrogen and oxygen atoms in total. The molecule has 7 atom stereocenters. The molecule has 0 aromatic heterocycles. The van der Waals surface area contributed by atoms with Gasteiger partial charge in [-0.3, -0.25) is 34.1 Å². The van der Waals surface area contributed by atoms with Gasteiger partial charge < -0.3 is 48.4 Å². The van der Waals surface area contributed by atoms with E-state index in [0.29, 0.717) is 24.1 Å². The second-order valence-electron chi connectivity index (χ2n) is 16.0. The molecule has 332 valence electrons. The molecule has 2 heterocycles. The van der Waals surface area contributed by atoms with E-state index >= 15 is 0 Å². The zero-order valence-electron chi connectivity index (χ0n) is 34.6. The van der Waals surface area contributed by atoms with Gasteiger partial charge in [-0.15, -0.1) is 24.8 Å². The number of imide groups is 1. The van der Waals surface area contributed by atoms with E-state index in [0.717, 1.165) is 93.6 Å². The summed E-state index contributed by atoms with van der Waals surface area (Å²) in [6, 6.07) is 9.51. The number of carbonyl (C=O) groups is 4. The summed E-state index contributed by atoms with van der Waals surface area (Å²) in [5, 5.41) is 10.9. The van der Waals surface area contributed by atoms with Crippen LogP contribution in [-0.2, 0) is 19.1 Å². The molecule has 2 aliphatic heterocycles. The highest BCUT2D eigenvalue weighted by Crippen LogP contribution is 2.57. The van der Waals surface area contributed by atoms with Crippen LogP contribution >= 0.6 is 24.8 Å². The predicted molar refractivity (Wildman–Crippen MR) is 238 cm³/mol. The Morgan fingerprint density at radius 1 is 0.717 bits per heavy atom. The highest BCUT2D eigenvalue weighted by molar-refractivity contribution is 6.26. The number of nitrogens with one attached hydrogen (secondary N) is 3. The molecule has 60 heavy (non-hydrogen) atoms. The topological polar surface area (TPSA) is 255 Å². The molecule has 1 saturated heterocycles. The lowest BCUT2D eigenvalue weighted by Gasteiger charge is -2.34. The van der Waals surface area contributed by atoms with Crippen molar-refractivity contribution in [3.05, 3.63) is 41.5 Å². The van der Waals surface area contributed by atoms with Gasteiger partial charge in [0.2, 0.25) is 11.8 Å². The SMILES string of the molecule is CCCNc1ccc2c3c(cccc13)C(=O)N(CCCCCCCCCCCC1O[C@@H]3[C@@H]4C[C@H]([C@@H]3O1)[C@@H](C(=O)NCCN=C(N)N)[C@@H]4C(=O)NCCN=C(N)N)C2=O.Cl.Cl. The number of amides is 4. The quantitative estimate of drug-likeness (QED) is 0.0366. The number of fused-ring (bicyclic) bond motifs is 5. The summed E-state index contributed by atoms with van der Waals surface area (Å²) < 4.78 is 12.8. The van der Waals surface area contributed by atoms with Crippen molar-refractivity contribution in [2.24, 2.45) is 56.6 Å². The first kappa shape index (κ1) is 48.3. The van der Waals surface area contributed by atoms with Crippen LogP contribution in [0.5, 0.6) is 0 Å². The van der Waals surface area contributed by atoms with Crippen molar-refractivity contribution < 1.29 is 28.7 Å². The Labute approximate surface area is 365 Å². The van der Waals surface area contributed by atoms with Crippen LogP contribution in [0.2, 0.25) is 0 Å². The van der Waals surface area contributed by atoms with Crippen molar-refractivity contribution in [3.63, 3.8) is 0 Å². The van der Waals surface area contributed by atoms with Crippen LogP contribution in [0.1, 0.15) is 105 Å². The first-order valence-electron chi connectivity index (χ1n) is 21.2. The molecule has 2 aliphatic carbocycles. The van der Waals surface area contributed by atoms with E-state index in [-0.39, 0.29) is 117 Å². The van der Waals surface area contributed by atoms with E-state index in [1.54, 1.807) is 0 Å².